The number of anilines is 2. The van der Waals surface area contributed by atoms with E-state index in [1.807, 2.05) is 84.4 Å². The SMILES string of the molecule is CN(C)C/C=C/C(=O)N(C)c1cccc(-n2cc(-c3ccc(Cl)cc3)c3c(N)ncnc32)c1. The standard InChI is InChI=1S/C25H25ClN6O/c1-30(2)13-5-8-22(33)31(3)19-6-4-7-20(14-19)32-15-21(17-9-11-18(26)12-10-17)23-24(27)28-16-29-25(23)32/h4-12,14-16H,13H2,1-3H3,(H2,27,28,29)/b8-5+. The molecule has 0 fully saturated rings. The average molecular weight is 461 g/mol. The predicted molar refractivity (Wildman–Crippen MR) is 135 cm³/mol. The van der Waals surface area contributed by atoms with Crippen molar-refractivity contribution in [2.45, 2.75) is 0 Å². The number of rotatable bonds is 6. The fourth-order valence-electron chi connectivity index (χ4n) is 3.59. The minimum Gasteiger partial charge on any atom is -0.383 e. The first-order valence-corrected chi connectivity index (χ1v) is 10.8. The van der Waals surface area contributed by atoms with E-state index in [2.05, 4.69) is 9.97 Å². The molecule has 4 aromatic rings. The van der Waals surface area contributed by atoms with Crippen LogP contribution in [0.2, 0.25) is 5.02 Å². The summed E-state index contributed by atoms with van der Waals surface area (Å²) in [7, 11) is 5.67. The lowest BCUT2D eigenvalue weighted by molar-refractivity contribution is -0.113. The highest BCUT2D eigenvalue weighted by Crippen LogP contribution is 2.35. The van der Waals surface area contributed by atoms with Gasteiger partial charge in [-0.05, 0) is 50.0 Å². The maximum absolute atomic E-state index is 12.6. The molecule has 0 aliphatic rings. The number of aromatic nitrogens is 3. The Morgan fingerprint density at radius 2 is 1.88 bits per heavy atom. The van der Waals surface area contributed by atoms with Gasteiger partial charge >= 0.3 is 0 Å². The number of halogens is 1. The molecule has 0 bridgehead atoms. The molecular formula is C25H25ClN6O. The van der Waals surface area contributed by atoms with Gasteiger partial charge in [-0.1, -0.05) is 35.9 Å². The second-order valence-electron chi connectivity index (χ2n) is 7.96. The average Bonchev–Trinajstić information content (AvgIpc) is 3.20. The molecule has 33 heavy (non-hydrogen) atoms. The summed E-state index contributed by atoms with van der Waals surface area (Å²) in [6.45, 7) is 0.698. The van der Waals surface area contributed by atoms with E-state index in [-0.39, 0.29) is 5.91 Å². The molecule has 0 radical (unpaired) electrons. The number of carbonyl (C=O) groups is 1. The van der Waals surface area contributed by atoms with Crippen molar-refractivity contribution in [1.29, 1.82) is 0 Å². The van der Waals surface area contributed by atoms with Gasteiger partial charge in [0.2, 0.25) is 5.91 Å². The van der Waals surface area contributed by atoms with Crippen LogP contribution in [0.15, 0.2) is 73.2 Å². The summed E-state index contributed by atoms with van der Waals surface area (Å²) in [5, 5.41) is 1.42. The van der Waals surface area contributed by atoms with E-state index in [0.717, 1.165) is 27.9 Å². The number of carbonyl (C=O) groups excluding carboxylic acids is 1. The first kappa shape index (κ1) is 22.5. The topological polar surface area (TPSA) is 80.3 Å². The Morgan fingerprint density at radius 1 is 1.12 bits per heavy atom. The molecule has 2 aromatic carbocycles. The van der Waals surface area contributed by atoms with Crippen LogP contribution in [0.5, 0.6) is 0 Å². The van der Waals surface area contributed by atoms with Crippen molar-refractivity contribution in [3.8, 4) is 16.8 Å². The van der Waals surface area contributed by atoms with E-state index in [4.69, 9.17) is 17.3 Å². The number of benzene rings is 2. The minimum atomic E-state index is -0.0974. The summed E-state index contributed by atoms with van der Waals surface area (Å²) < 4.78 is 1.96. The first-order chi connectivity index (χ1) is 15.8. The largest absolute Gasteiger partial charge is 0.383 e. The first-order valence-electron chi connectivity index (χ1n) is 10.4. The van der Waals surface area contributed by atoms with Crippen LogP contribution in [0.4, 0.5) is 11.5 Å². The molecule has 0 aliphatic heterocycles. The summed E-state index contributed by atoms with van der Waals surface area (Å²) in [5.41, 5.74) is 10.4. The monoisotopic (exact) mass is 460 g/mol. The minimum absolute atomic E-state index is 0.0974. The lowest BCUT2D eigenvalue weighted by Gasteiger charge is -2.17. The highest BCUT2D eigenvalue weighted by molar-refractivity contribution is 6.30. The third-order valence-electron chi connectivity index (χ3n) is 5.32. The third-order valence-corrected chi connectivity index (χ3v) is 5.58. The Labute approximate surface area is 197 Å². The van der Waals surface area contributed by atoms with Gasteiger partial charge in [0, 0.05) is 47.8 Å². The Hall–Kier alpha value is -3.68. The number of nitrogens with two attached hydrogens (primary N) is 1. The van der Waals surface area contributed by atoms with Crippen LogP contribution in [0.1, 0.15) is 0 Å². The fraction of sp³-hybridized carbons (Fsp3) is 0.160. The van der Waals surface area contributed by atoms with E-state index >= 15 is 0 Å². The number of nitrogen functional groups attached to an aromatic ring is 1. The molecule has 2 N–H and O–H groups in total. The maximum atomic E-state index is 12.6. The summed E-state index contributed by atoms with van der Waals surface area (Å²) >= 11 is 6.08. The lowest BCUT2D eigenvalue weighted by atomic mass is 10.1. The van der Waals surface area contributed by atoms with Crippen LogP contribution in [0.3, 0.4) is 0 Å². The predicted octanol–water partition coefficient (Wildman–Crippen LogP) is 4.40. The van der Waals surface area contributed by atoms with Crippen LogP contribution in [0.25, 0.3) is 27.8 Å². The Kier molecular flexibility index (Phi) is 6.44. The van der Waals surface area contributed by atoms with Gasteiger partial charge in [0.15, 0.2) is 5.65 Å². The Bertz CT molecular complexity index is 1330. The molecule has 0 saturated carbocycles. The molecule has 0 unspecified atom stereocenters. The van der Waals surface area contributed by atoms with Crippen LogP contribution < -0.4 is 10.6 Å². The smallest absolute Gasteiger partial charge is 0.250 e. The quantitative estimate of drug-likeness (QED) is 0.431. The molecule has 0 aliphatic carbocycles. The van der Waals surface area contributed by atoms with E-state index in [9.17, 15) is 4.79 Å². The highest BCUT2D eigenvalue weighted by atomic mass is 35.5. The zero-order valence-electron chi connectivity index (χ0n) is 18.7. The molecular weight excluding hydrogens is 436 g/mol. The summed E-state index contributed by atoms with van der Waals surface area (Å²) in [6, 6.07) is 15.3. The lowest BCUT2D eigenvalue weighted by Crippen LogP contribution is -2.24. The number of hydrogen-bond donors (Lipinski definition) is 1. The fourth-order valence-corrected chi connectivity index (χ4v) is 3.71. The number of fused-ring (bicyclic) bond motifs is 1. The zero-order chi connectivity index (χ0) is 23.5. The van der Waals surface area contributed by atoms with Gasteiger partial charge in [-0.15, -0.1) is 0 Å². The van der Waals surface area contributed by atoms with E-state index in [1.54, 1.807) is 18.0 Å². The molecule has 1 amide bonds. The van der Waals surface area contributed by atoms with Crippen LogP contribution in [0, 0.1) is 0 Å². The molecule has 0 spiro atoms. The number of amides is 1. The molecule has 2 heterocycles. The van der Waals surface area contributed by atoms with Gasteiger partial charge in [0.1, 0.15) is 12.1 Å². The van der Waals surface area contributed by atoms with Crippen molar-refractivity contribution >= 4 is 40.0 Å². The summed E-state index contributed by atoms with van der Waals surface area (Å²) in [4.78, 5) is 24.9. The van der Waals surface area contributed by atoms with Crippen molar-refractivity contribution in [2.75, 3.05) is 38.3 Å². The van der Waals surface area contributed by atoms with Crippen LogP contribution >= 0.6 is 11.6 Å². The third kappa shape index (κ3) is 4.74. The van der Waals surface area contributed by atoms with Gasteiger partial charge in [0.25, 0.3) is 0 Å². The summed E-state index contributed by atoms with van der Waals surface area (Å²) in [6.07, 6.45) is 6.87. The Balaban J connectivity index is 1.76. The van der Waals surface area contributed by atoms with Gasteiger partial charge in [-0.3, -0.25) is 4.79 Å². The molecule has 0 atom stereocenters. The number of likely N-dealkylation sites (N-methyl/N-ethyl adjacent to an activating group) is 2. The van der Waals surface area contributed by atoms with Crippen LogP contribution in [-0.4, -0.2) is 53.0 Å². The second-order valence-corrected chi connectivity index (χ2v) is 8.40. The molecule has 7 nitrogen and oxygen atoms in total. The Morgan fingerprint density at radius 3 is 2.61 bits per heavy atom. The highest BCUT2D eigenvalue weighted by Gasteiger charge is 2.17. The van der Waals surface area contributed by atoms with Crippen molar-refractivity contribution < 1.29 is 4.79 Å². The maximum Gasteiger partial charge on any atom is 0.250 e. The van der Waals surface area contributed by atoms with E-state index in [0.29, 0.717) is 23.0 Å². The summed E-state index contributed by atoms with van der Waals surface area (Å²) in [5.74, 6) is 0.304. The number of hydrogen-bond acceptors (Lipinski definition) is 5. The van der Waals surface area contributed by atoms with Crippen molar-refractivity contribution in [3.05, 3.63) is 78.2 Å². The van der Waals surface area contributed by atoms with Gasteiger partial charge in [0.05, 0.1) is 5.39 Å². The molecule has 168 valence electrons. The van der Waals surface area contributed by atoms with Crippen molar-refractivity contribution in [3.63, 3.8) is 0 Å². The van der Waals surface area contributed by atoms with Crippen LogP contribution in [-0.2, 0) is 4.79 Å². The normalized spacial score (nSPS) is 11.5. The zero-order valence-corrected chi connectivity index (χ0v) is 19.5. The molecule has 8 heteroatoms. The van der Waals surface area contributed by atoms with Crippen molar-refractivity contribution in [2.24, 2.45) is 0 Å². The van der Waals surface area contributed by atoms with Crippen molar-refractivity contribution in [1.82, 2.24) is 19.4 Å². The van der Waals surface area contributed by atoms with Gasteiger partial charge in [-0.25, -0.2) is 9.97 Å². The number of nitrogens with zero attached hydrogens (tertiary/aromatic N) is 5. The second kappa shape index (κ2) is 9.44. The molecule has 0 saturated heterocycles. The van der Waals surface area contributed by atoms with Gasteiger partial charge in [-0.2, -0.15) is 0 Å². The molecule has 4 rings (SSSR count). The molecule has 2 aromatic heterocycles. The van der Waals surface area contributed by atoms with Gasteiger partial charge < -0.3 is 20.1 Å². The van der Waals surface area contributed by atoms with E-state index in [1.165, 1.54) is 6.33 Å². The van der Waals surface area contributed by atoms with E-state index < -0.39 is 0 Å².